The Morgan fingerprint density at radius 3 is 2.46 bits per heavy atom. The van der Waals surface area contributed by atoms with E-state index in [1.54, 1.807) is 36.8 Å². The predicted molar refractivity (Wildman–Crippen MR) is 204 cm³/mol. The van der Waals surface area contributed by atoms with Crippen LogP contribution in [0.1, 0.15) is 71.6 Å². The molecule has 4 aliphatic rings. The van der Waals surface area contributed by atoms with E-state index >= 15 is 0 Å². The summed E-state index contributed by atoms with van der Waals surface area (Å²) >= 11 is 13.0. The molecule has 13 nitrogen and oxygen atoms in total. The molecule has 15 heteroatoms. The molecular weight excluding hydrogens is 731 g/mol. The molecule has 3 saturated heterocycles. The van der Waals surface area contributed by atoms with E-state index in [9.17, 15) is 19.5 Å². The van der Waals surface area contributed by atoms with Crippen LogP contribution in [0.15, 0.2) is 76.4 Å². The molecule has 3 atom stereocenters. The van der Waals surface area contributed by atoms with E-state index in [0.29, 0.717) is 79.8 Å². The van der Waals surface area contributed by atoms with Crippen molar-refractivity contribution in [3.8, 4) is 5.75 Å². The molecule has 5 heterocycles. The Morgan fingerprint density at radius 2 is 1.76 bits per heavy atom. The van der Waals surface area contributed by atoms with Gasteiger partial charge < -0.3 is 19.6 Å². The van der Waals surface area contributed by atoms with Gasteiger partial charge in [0.15, 0.2) is 0 Å². The number of carbonyl (C=O) groups excluding carboxylic acids is 2. The SMILES string of the molecule is COc1ccc(C2C=NN=N2)cc1C(=O)N1CCC(CCN2CCC(C(=O)NN3CCCC(C(=O)O)C3)(c3ccncc3)CC2)(c2ccc(Cl)c(Cl)c2)C1. The van der Waals surface area contributed by atoms with Crippen molar-refractivity contribution >= 4 is 47.2 Å². The Labute approximate surface area is 324 Å². The first-order chi connectivity index (χ1) is 26.1. The molecule has 2 aromatic carbocycles. The molecule has 3 fully saturated rings. The normalized spacial score (nSPS) is 24.1. The average molecular weight is 776 g/mol. The van der Waals surface area contributed by atoms with Gasteiger partial charge in [0.2, 0.25) is 5.91 Å². The number of rotatable bonds is 11. The molecule has 3 aromatic rings. The van der Waals surface area contributed by atoms with Gasteiger partial charge in [-0.3, -0.25) is 24.8 Å². The summed E-state index contributed by atoms with van der Waals surface area (Å²) in [6, 6.07) is 14.7. The Balaban J connectivity index is 1.08. The van der Waals surface area contributed by atoms with Crippen molar-refractivity contribution in [3.05, 3.63) is 93.2 Å². The fourth-order valence-corrected chi connectivity index (χ4v) is 8.74. The summed E-state index contributed by atoms with van der Waals surface area (Å²) in [6.07, 6.45) is 9.04. The van der Waals surface area contributed by atoms with Crippen LogP contribution in [0.25, 0.3) is 0 Å². The molecule has 0 bridgehead atoms. The number of nitrogens with one attached hydrogen (secondary N) is 1. The van der Waals surface area contributed by atoms with Gasteiger partial charge in [0.05, 0.1) is 40.3 Å². The minimum Gasteiger partial charge on any atom is -0.496 e. The van der Waals surface area contributed by atoms with Gasteiger partial charge in [-0.05, 0) is 116 Å². The van der Waals surface area contributed by atoms with Gasteiger partial charge in [-0.2, -0.15) is 5.11 Å². The molecular formula is C39H44Cl2N8O5. The van der Waals surface area contributed by atoms with Crippen LogP contribution >= 0.6 is 23.2 Å². The molecule has 2 N–H and O–H groups in total. The molecule has 0 aliphatic carbocycles. The second kappa shape index (κ2) is 16.1. The first kappa shape index (κ1) is 37.9. The number of nitrogens with zero attached hydrogens (tertiary/aromatic N) is 7. The zero-order valence-corrected chi connectivity index (χ0v) is 31.7. The van der Waals surface area contributed by atoms with Crippen LogP contribution in [0.2, 0.25) is 10.0 Å². The van der Waals surface area contributed by atoms with Crippen molar-refractivity contribution in [2.24, 2.45) is 21.4 Å². The summed E-state index contributed by atoms with van der Waals surface area (Å²) in [5.41, 5.74) is 5.12. The van der Waals surface area contributed by atoms with Crippen LogP contribution in [-0.2, 0) is 20.4 Å². The fraction of sp³-hybridized carbons (Fsp3) is 0.462. The van der Waals surface area contributed by atoms with Crippen molar-refractivity contribution in [1.82, 2.24) is 25.2 Å². The summed E-state index contributed by atoms with van der Waals surface area (Å²) in [4.78, 5) is 48.6. The van der Waals surface area contributed by atoms with Gasteiger partial charge in [-0.15, -0.1) is 5.10 Å². The Morgan fingerprint density at radius 1 is 0.963 bits per heavy atom. The molecule has 284 valence electrons. The third kappa shape index (κ3) is 7.72. The van der Waals surface area contributed by atoms with E-state index in [4.69, 9.17) is 27.9 Å². The smallest absolute Gasteiger partial charge is 0.307 e. The zero-order valence-electron chi connectivity index (χ0n) is 30.2. The molecule has 3 unspecified atom stereocenters. The molecule has 0 saturated carbocycles. The van der Waals surface area contributed by atoms with Crippen molar-refractivity contribution < 1.29 is 24.2 Å². The largest absolute Gasteiger partial charge is 0.496 e. The maximum absolute atomic E-state index is 14.2. The van der Waals surface area contributed by atoms with Gasteiger partial charge in [0, 0.05) is 44.0 Å². The number of hydrogen-bond acceptors (Lipinski definition) is 10. The summed E-state index contributed by atoms with van der Waals surface area (Å²) in [5, 5.41) is 24.0. The van der Waals surface area contributed by atoms with Gasteiger partial charge in [-0.1, -0.05) is 35.3 Å². The Hall–Kier alpha value is -4.43. The predicted octanol–water partition coefficient (Wildman–Crippen LogP) is 5.93. The third-order valence-electron chi connectivity index (χ3n) is 11.7. The summed E-state index contributed by atoms with van der Waals surface area (Å²) < 4.78 is 5.63. The maximum Gasteiger partial charge on any atom is 0.307 e. The fourth-order valence-electron chi connectivity index (χ4n) is 8.44. The van der Waals surface area contributed by atoms with Crippen LogP contribution in [0.5, 0.6) is 5.75 Å². The van der Waals surface area contributed by atoms with E-state index in [-0.39, 0.29) is 24.4 Å². The number of aliphatic carboxylic acids is 1. The lowest BCUT2D eigenvalue weighted by Crippen LogP contribution is -2.57. The Kier molecular flexibility index (Phi) is 11.3. The number of pyridine rings is 1. The molecule has 2 amide bonds. The monoisotopic (exact) mass is 774 g/mol. The number of hydrogen-bond donors (Lipinski definition) is 2. The quantitative estimate of drug-likeness (QED) is 0.244. The highest BCUT2D eigenvalue weighted by Crippen LogP contribution is 2.43. The van der Waals surface area contributed by atoms with Gasteiger partial charge in [-0.25, -0.2) is 5.01 Å². The van der Waals surface area contributed by atoms with E-state index in [2.05, 4.69) is 30.7 Å². The highest BCUT2D eigenvalue weighted by molar-refractivity contribution is 6.42. The number of carbonyl (C=O) groups is 3. The first-order valence-corrected chi connectivity index (χ1v) is 19.1. The van der Waals surface area contributed by atoms with Crippen molar-refractivity contribution in [1.29, 1.82) is 0 Å². The number of piperidine rings is 2. The van der Waals surface area contributed by atoms with Gasteiger partial charge >= 0.3 is 5.97 Å². The zero-order chi connectivity index (χ0) is 37.9. The number of likely N-dealkylation sites (tertiary alicyclic amines) is 2. The lowest BCUT2D eigenvalue weighted by Gasteiger charge is -2.43. The number of hydrazine groups is 1. The lowest BCUT2D eigenvalue weighted by molar-refractivity contribution is -0.146. The van der Waals surface area contributed by atoms with Crippen LogP contribution in [0.3, 0.4) is 0 Å². The minimum atomic E-state index is -0.837. The molecule has 0 spiro atoms. The highest BCUT2D eigenvalue weighted by atomic mass is 35.5. The number of aromatic nitrogens is 1. The second-order valence-electron chi connectivity index (χ2n) is 14.7. The standard InChI is InChI=1S/C39H44Cl2N8O5/c1-54-34-7-4-26(33-23-43-46-44-33)21-30(34)35(50)48-20-11-38(25-48,29-5-6-31(40)32(41)22-29)10-17-47-18-12-39(13-19-47,28-8-14-42-15-9-28)37(53)45-49-16-2-3-27(24-49)36(51)52/h4-9,14-15,21-23,27,33H,2-3,10-13,16-20,24-25H2,1H3,(H,45,53)(H,51,52). The summed E-state index contributed by atoms with van der Waals surface area (Å²) in [5.74, 6) is -1.10. The summed E-state index contributed by atoms with van der Waals surface area (Å²) in [7, 11) is 1.56. The number of amides is 2. The number of ether oxygens (including phenoxy) is 1. The molecule has 1 aromatic heterocycles. The first-order valence-electron chi connectivity index (χ1n) is 18.4. The van der Waals surface area contributed by atoms with Crippen molar-refractivity contribution in [3.63, 3.8) is 0 Å². The number of halogens is 2. The molecule has 4 aliphatic heterocycles. The van der Waals surface area contributed by atoms with Crippen LogP contribution in [0, 0.1) is 5.92 Å². The van der Waals surface area contributed by atoms with Crippen LogP contribution in [0.4, 0.5) is 0 Å². The van der Waals surface area contributed by atoms with E-state index in [1.807, 2.05) is 47.4 Å². The molecule has 54 heavy (non-hydrogen) atoms. The highest BCUT2D eigenvalue weighted by Gasteiger charge is 2.46. The molecule has 7 rings (SSSR count). The van der Waals surface area contributed by atoms with Crippen LogP contribution < -0.4 is 10.2 Å². The van der Waals surface area contributed by atoms with Gasteiger partial charge in [0.1, 0.15) is 11.8 Å². The lowest BCUT2D eigenvalue weighted by atomic mass is 9.72. The van der Waals surface area contributed by atoms with E-state index in [1.165, 1.54) is 0 Å². The number of carboxylic acids is 1. The summed E-state index contributed by atoms with van der Waals surface area (Å²) in [6.45, 7) is 4.03. The van der Waals surface area contributed by atoms with E-state index < -0.39 is 22.7 Å². The van der Waals surface area contributed by atoms with E-state index in [0.717, 1.165) is 36.1 Å². The maximum atomic E-state index is 14.2. The van der Waals surface area contributed by atoms with Crippen molar-refractivity contribution in [2.45, 2.75) is 55.4 Å². The Bertz CT molecular complexity index is 1930. The third-order valence-corrected chi connectivity index (χ3v) is 12.5. The minimum absolute atomic E-state index is 0.112. The average Bonchev–Trinajstić information content (AvgIpc) is 3.90. The van der Waals surface area contributed by atoms with Crippen molar-refractivity contribution in [2.75, 3.05) is 52.9 Å². The topological polar surface area (TPSA) is 152 Å². The van der Waals surface area contributed by atoms with Crippen LogP contribution in [-0.4, -0.2) is 102 Å². The molecule has 0 radical (unpaired) electrons. The second-order valence-corrected chi connectivity index (χ2v) is 15.5. The van der Waals surface area contributed by atoms with Gasteiger partial charge in [0.25, 0.3) is 5.91 Å². The number of methoxy groups -OCH3 is 1. The number of carboxylic acid groups (broad SMARTS) is 1. The number of benzene rings is 2.